The Hall–Kier alpha value is -1.86. The van der Waals surface area contributed by atoms with E-state index in [1.165, 1.54) is 0 Å². The Morgan fingerprint density at radius 3 is 2.70 bits per heavy atom. The number of anilines is 1. The Balaban J connectivity index is 2.13. The topological polar surface area (TPSA) is 89.6 Å². The molecule has 0 unspecified atom stereocenters. The number of nitrogens with one attached hydrogen (secondary N) is 1. The number of nitrogens with zero attached hydrogens (tertiary/aromatic N) is 3. The average Bonchev–Trinajstić information content (AvgIpc) is 2.70. The summed E-state index contributed by atoms with van der Waals surface area (Å²) in [6.07, 6.45) is 0. The van der Waals surface area contributed by atoms with Gasteiger partial charge in [0.25, 0.3) is 5.56 Å². The fourth-order valence-corrected chi connectivity index (χ4v) is 2.51. The van der Waals surface area contributed by atoms with Crippen LogP contribution in [0.1, 0.15) is 5.56 Å². The van der Waals surface area contributed by atoms with Gasteiger partial charge in [0.05, 0.1) is 6.54 Å². The molecule has 0 saturated carbocycles. The van der Waals surface area contributed by atoms with E-state index in [4.69, 9.17) is 17.3 Å². The van der Waals surface area contributed by atoms with Gasteiger partial charge in [-0.2, -0.15) is 4.98 Å². The van der Waals surface area contributed by atoms with Gasteiger partial charge in [-0.1, -0.05) is 23.7 Å². The normalized spacial score (nSPS) is 11.1. The van der Waals surface area contributed by atoms with Crippen molar-refractivity contribution >= 4 is 44.6 Å². The van der Waals surface area contributed by atoms with Crippen LogP contribution in [0.4, 0.5) is 5.95 Å². The predicted octanol–water partition coefficient (Wildman–Crippen LogP) is 2.17. The molecule has 6 nitrogen and oxygen atoms in total. The van der Waals surface area contributed by atoms with Gasteiger partial charge >= 0.3 is 0 Å². The number of fused-ring (bicyclic) bond motifs is 1. The second-order valence-electron chi connectivity index (χ2n) is 4.22. The largest absolute Gasteiger partial charge is 0.369 e. The molecule has 0 spiro atoms. The van der Waals surface area contributed by atoms with E-state index in [0.717, 1.165) is 5.56 Å². The summed E-state index contributed by atoms with van der Waals surface area (Å²) in [7, 11) is 0. The molecular formula is C12H9BrClN5O. The van der Waals surface area contributed by atoms with Gasteiger partial charge in [0, 0.05) is 5.02 Å². The number of hydrogen-bond donors (Lipinski definition) is 2. The zero-order chi connectivity index (χ0) is 14.3. The second-order valence-corrected chi connectivity index (χ2v) is 5.36. The average molecular weight is 355 g/mol. The van der Waals surface area contributed by atoms with Crippen molar-refractivity contribution in [1.82, 2.24) is 19.5 Å². The van der Waals surface area contributed by atoms with Crippen LogP contribution in [-0.4, -0.2) is 19.5 Å². The summed E-state index contributed by atoms with van der Waals surface area (Å²) in [6, 6.07) is 7.41. The van der Waals surface area contributed by atoms with Gasteiger partial charge in [0.1, 0.15) is 0 Å². The third-order valence-electron chi connectivity index (χ3n) is 2.83. The Morgan fingerprint density at radius 1 is 1.30 bits per heavy atom. The molecule has 0 bridgehead atoms. The first kappa shape index (κ1) is 13.1. The Labute approximate surface area is 126 Å². The van der Waals surface area contributed by atoms with Crippen LogP contribution in [0, 0.1) is 0 Å². The Kier molecular flexibility index (Phi) is 3.23. The number of imidazole rings is 1. The smallest absolute Gasteiger partial charge is 0.280 e. The second kappa shape index (κ2) is 4.92. The first-order valence-corrected chi connectivity index (χ1v) is 6.87. The van der Waals surface area contributed by atoms with E-state index >= 15 is 0 Å². The van der Waals surface area contributed by atoms with Crippen LogP contribution in [-0.2, 0) is 6.54 Å². The molecule has 2 heterocycles. The van der Waals surface area contributed by atoms with Crippen LogP contribution in [0.3, 0.4) is 0 Å². The first-order chi connectivity index (χ1) is 9.54. The minimum atomic E-state index is -0.358. The van der Waals surface area contributed by atoms with Crippen molar-refractivity contribution in [2.75, 3.05) is 5.73 Å². The number of nitrogens with two attached hydrogens (primary N) is 1. The third-order valence-corrected chi connectivity index (χ3v) is 3.69. The van der Waals surface area contributed by atoms with Gasteiger partial charge in [0.15, 0.2) is 15.9 Å². The van der Waals surface area contributed by atoms with E-state index in [2.05, 4.69) is 30.9 Å². The Morgan fingerprint density at radius 2 is 2.00 bits per heavy atom. The number of H-pyrrole nitrogens is 1. The summed E-state index contributed by atoms with van der Waals surface area (Å²) < 4.78 is 2.29. The van der Waals surface area contributed by atoms with Crippen molar-refractivity contribution < 1.29 is 0 Å². The van der Waals surface area contributed by atoms with Crippen molar-refractivity contribution in [3.05, 3.63) is 49.9 Å². The van der Waals surface area contributed by atoms with Crippen LogP contribution >= 0.6 is 27.5 Å². The Bertz CT molecular complexity index is 839. The first-order valence-electron chi connectivity index (χ1n) is 5.70. The lowest BCUT2D eigenvalue weighted by Gasteiger charge is -2.05. The van der Waals surface area contributed by atoms with E-state index in [1.54, 1.807) is 16.7 Å². The fraction of sp³-hybridized carbons (Fsp3) is 0.0833. The van der Waals surface area contributed by atoms with Gasteiger partial charge in [0.2, 0.25) is 5.95 Å². The number of aromatic nitrogens is 4. The monoisotopic (exact) mass is 353 g/mol. The summed E-state index contributed by atoms with van der Waals surface area (Å²) in [5.74, 6) is 0.0623. The maximum atomic E-state index is 11.8. The molecule has 0 amide bonds. The van der Waals surface area contributed by atoms with Crippen molar-refractivity contribution in [3.8, 4) is 0 Å². The molecule has 0 radical (unpaired) electrons. The maximum Gasteiger partial charge on any atom is 0.280 e. The molecule has 20 heavy (non-hydrogen) atoms. The highest BCUT2D eigenvalue weighted by molar-refractivity contribution is 9.10. The van der Waals surface area contributed by atoms with Gasteiger partial charge < -0.3 is 5.73 Å². The van der Waals surface area contributed by atoms with Crippen molar-refractivity contribution in [2.24, 2.45) is 0 Å². The van der Waals surface area contributed by atoms with E-state index in [9.17, 15) is 4.79 Å². The molecule has 0 saturated heterocycles. The summed E-state index contributed by atoms with van der Waals surface area (Å²) in [6.45, 7) is 0.504. The molecule has 8 heteroatoms. The highest BCUT2D eigenvalue weighted by Gasteiger charge is 2.14. The van der Waals surface area contributed by atoms with Gasteiger partial charge in [-0.3, -0.25) is 14.3 Å². The van der Waals surface area contributed by atoms with Crippen molar-refractivity contribution in [2.45, 2.75) is 6.54 Å². The number of hydrogen-bond acceptors (Lipinski definition) is 4. The minimum absolute atomic E-state index is 0.0623. The van der Waals surface area contributed by atoms with Crippen LogP contribution in [0.2, 0.25) is 5.02 Å². The number of aromatic amines is 1. The molecule has 3 aromatic rings. The molecule has 3 N–H and O–H groups in total. The molecule has 0 aliphatic carbocycles. The number of rotatable bonds is 2. The highest BCUT2D eigenvalue weighted by Crippen LogP contribution is 2.19. The van der Waals surface area contributed by atoms with Crippen molar-refractivity contribution in [3.63, 3.8) is 0 Å². The lowest BCUT2D eigenvalue weighted by Crippen LogP contribution is -2.12. The minimum Gasteiger partial charge on any atom is -0.369 e. The van der Waals surface area contributed by atoms with Crippen LogP contribution in [0.15, 0.2) is 33.8 Å². The quantitative estimate of drug-likeness (QED) is 0.690. The van der Waals surface area contributed by atoms with Crippen LogP contribution in [0.25, 0.3) is 11.2 Å². The molecular weight excluding hydrogens is 346 g/mol. The van der Waals surface area contributed by atoms with Crippen LogP contribution in [0.5, 0.6) is 0 Å². The fourth-order valence-electron chi connectivity index (χ4n) is 1.91. The van der Waals surface area contributed by atoms with E-state index < -0.39 is 0 Å². The van der Waals surface area contributed by atoms with E-state index in [-0.39, 0.29) is 17.0 Å². The molecule has 0 aliphatic heterocycles. The molecule has 1 aromatic carbocycles. The summed E-state index contributed by atoms with van der Waals surface area (Å²) in [5.41, 5.74) is 6.91. The standard InChI is InChI=1S/C12H9BrClN5O/c13-11-16-8-9(17-12(15)18-10(8)20)19(11)5-6-1-3-7(14)4-2-6/h1-4H,5H2,(H3,15,17,18,20). The molecule has 0 atom stereocenters. The van der Waals surface area contributed by atoms with E-state index in [0.29, 0.717) is 21.9 Å². The maximum absolute atomic E-state index is 11.8. The van der Waals surface area contributed by atoms with Gasteiger partial charge in [-0.05, 0) is 33.6 Å². The summed E-state index contributed by atoms with van der Waals surface area (Å²) in [4.78, 5) is 22.5. The van der Waals surface area contributed by atoms with Gasteiger partial charge in [-0.15, -0.1) is 0 Å². The summed E-state index contributed by atoms with van der Waals surface area (Å²) >= 11 is 9.19. The number of nitrogen functional groups attached to an aromatic ring is 1. The highest BCUT2D eigenvalue weighted by atomic mass is 79.9. The predicted molar refractivity (Wildman–Crippen MR) is 80.8 cm³/mol. The third kappa shape index (κ3) is 2.30. The van der Waals surface area contributed by atoms with Gasteiger partial charge in [-0.25, -0.2) is 4.98 Å². The molecule has 2 aromatic heterocycles. The van der Waals surface area contributed by atoms with Crippen molar-refractivity contribution in [1.29, 1.82) is 0 Å². The zero-order valence-electron chi connectivity index (χ0n) is 10.1. The molecule has 0 fully saturated rings. The number of benzene rings is 1. The van der Waals surface area contributed by atoms with E-state index in [1.807, 2.05) is 12.1 Å². The number of halogens is 2. The SMILES string of the molecule is Nc1nc2c(nc(Br)n2Cc2ccc(Cl)cc2)c(=O)[nH]1. The zero-order valence-corrected chi connectivity index (χ0v) is 12.4. The lowest BCUT2D eigenvalue weighted by molar-refractivity contribution is 0.791. The summed E-state index contributed by atoms with van der Waals surface area (Å²) in [5, 5.41) is 0.669. The molecule has 0 aliphatic rings. The molecule has 3 rings (SSSR count). The molecule has 102 valence electrons. The lowest BCUT2D eigenvalue weighted by atomic mass is 10.2. The van der Waals surface area contributed by atoms with Crippen LogP contribution < -0.4 is 11.3 Å².